The molecule has 0 spiro atoms. The molecule has 0 saturated carbocycles. The fourth-order valence-corrected chi connectivity index (χ4v) is 11.4. The van der Waals surface area contributed by atoms with Crippen LogP contribution in [0.15, 0.2) is 176 Å². The van der Waals surface area contributed by atoms with Crippen molar-refractivity contribution in [3.63, 3.8) is 0 Å². The van der Waals surface area contributed by atoms with Crippen LogP contribution in [0, 0.1) is 27.7 Å². The Kier molecular flexibility index (Phi) is 7.50. The van der Waals surface area contributed by atoms with E-state index in [0.717, 1.165) is 62.5 Å². The van der Waals surface area contributed by atoms with E-state index >= 15 is 0 Å². The normalized spacial score (nSPS) is 13.7. The monoisotopic (exact) mass is 833 g/mol. The van der Waals surface area contributed by atoms with E-state index in [1.165, 1.54) is 77.2 Å². The smallest absolute Gasteiger partial charge is 0.256 e. The summed E-state index contributed by atoms with van der Waals surface area (Å²) in [7, 11) is 0. The van der Waals surface area contributed by atoms with Gasteiger partial charge in [-0.05, 0) is 133 Å². The van der Waals surface area contributed by atoms with Crippen molar-refractivity contribution in [1.82, 2.24) is 4.57 Å². The zero-order chi connectivity index (χ0) is 43.2. The van der Waals surface area contributed by atoms with Crippen LogP contribution < -0.4 is 52.1 Å². The molecular weight excluding hydrogens is 792 g/mol. The number of para-hydroxylation sites is 1. The molecule has 4 aliphatic heterocycles. The molecule has 0 amide bonds. The van der Waals surface area contributed by atoms with Crippen molar-refractivity contribution in [3.8, 4) is 28.7 Å². The van der Waals surface area contributed by atoms with Crippen LogP contribution in [0.2, 0.25) is 0 Å². The van der Waals surface area contributed by atoms with Gasteiger partial charge in [0.2, 0.25) is 0 Å². The molecule has 65 heavy (non-hydrogen) atoms. The number of anilines is 6. The van der Waals surface area contributed by atoms with E-state index < -0.39 is 0 Å². The van der Waals surface area contributed by atoms with Gasteiger partial charge < -0.3 is 23.8 Å². The Labute approximate surface area is 378 Å². The summed E-state index contributed by atoms with van der Waals surface area (Å²) in [5.74, 6) is 3.56. The van der Waals surface area contributed by atoms with Gasteiger partial charge in [0, 0.05) is 62.7 Å². The summed E-state index contributed by atoms with van der Waals surface area (Å²) < 4.78 is 16.6. The largest absolute Gasteiger partial charge is 0.458 e. The van der Waals surface area contributed by atoms with Crippen LogP contribution in [0.1, 0.15) is 22.3 Å². The lowest BCUT2D eigenvalue weighted by atomic mass is 9.34. The third-order valence-electron chi connectivity index (χ3n) is 14.3. The molecule has 0 saturated heterocycles. The van der Waals surface area contributed by atoms with Crippen molar-refractivity contribution in [2.24, 2.45) is 0 Å². The van der Waals surface area contributed by atoms with Crippen LogP contribution in [0.4, 0.5) is 34.1 Å². The molecule has 14 rings (SSSR count). The minimum Gasteiger partial charge on any atom is -0.458 e. The van der Waals surface area contributed by atoms with E-state index in [2.05, 4.69) is 218 Å². The Balaban J connectivity index is 1.03. The molecule has 0 aliphatic carbocycles. The molecule has 0 unspecified atom stereocenters. The minimum absolute atomic E-state index is 0.0302. The average molecular weight is 834 g/mol. The van der Waals surface area contributed by atoms with Crippen LogP contribution in [0.25, 0.3) is 27.5 Å². The van der Waals surface area contributed by atoms with Crippen LogP contribution in [0.5, 0.6) is 23.0 Å². The van der Waals surface area contributed by atoms with E-state index in [9.17, 15) is 0 Å². The number of ether oxygens (including phenoxy) is 2. The predicted octanol–water partition coefficient (Wildman–Crippen LogP) is 10.8. The number of rotatable bonds is 3. The third kappa shape index (κ3) is 5.18. The Morgan fingerprint density at radius 2 is 0.785 bits per heavy atom. The van der Waals surface area contributed by atoms with Gasteiger partial charge in [0.15, 0.2) is 0 Å². The first-order chi connectivity index (χ1) is 31.9. The molecule has 0 bridgehead atoms. The topological polar surface area (TPSA) is 29.9 Å². The van der Waals surface area contributed by atoms with Crippen LogP contribution in [-0.4, -0.2) is 18.0 Å². The number of aryl methyl sites for hydroxylation is 4. The highest BCUT2D eigenvalue weighted by Crippen LogP contribution is 2.45. The second kappa shape index (κ2) is 13.3. The van der Waals surface area contributed by atoms with Crippen LogP contribution >= 0.6 is 0 Å². The zero-order valence-corrected chi connectivity index (χ0v) is 36.6. The molecule has 0 N–H and O–H groups in total. The number of nitrogens with zero attached hydrogens (tertiary/aromatic N) is 3. The number of hydrogen-bond donors (Lipinski definition) is 0. The molecule has 10 aromatic rings. The van der Waals surface area contributed by atoms with Gasteiger partial charge >= 0.3 is 0 Å². The fourth-order valence-electron chi connectivity index (χ4n) is 11.4. The van der Waals surface area contributed by atoms with Gasteiger partial charge in [-0.15, -0.1) is 0 Å². The molecule has 0 radical (unpaired) electrons. The summed E-state index contributed by atoms with van der Waals surface area (Å²) in [5, 5.41) is 2.37. The Morgan fingerprint density at radius 1 is 0.338 bits per heavy atom. The molecule has 0 atom stereocenters. The predicted molar refractivity (Wildman–Crippen MR) is 271 cm³/mol. The quantitative estimate of drug-likeness (QED) is 0.166. The van der Waals surface area contributed by atoms with Crippen LogP contribution in [0.3, 0.4) is 0 Å². The third-order valence-corrected chi connectivity index (χ3v) is 14.3. The molecule has 306 valence electrons. The second-order valence-electron chi connectivity index (χ2n) is 18.4. The number of aromatic nitrogens is 1. The van der Waals surface area contributed by atoms with Gasteiger partial charge in [0.05, 0.1) is 11.0 Å². The standard InChI is InChI=1S/C58H41B2N3O2/c1-34-16-22-39(23-17-34)61-47-26-20-36(3)28-43(47)59-45-30-41-42-31-46-56(33-52(42)63(38-10-6-5-7-11-38)51(41)32-55(45)64-53-14-8-12-49(61)57(53)59)65-54-15-9-13-50-58(54)60(46)44-29-37(4)21-27-48(44)62(50)40-24-18-35(2)19-25-40/h5-33H,1-4H3. The van der Waals surface area contributed by atoms with Gasteiger partial charge in [-0.2, -0.15) is 0 Å². The Morgan fingerprint density at radius 3 is 1.25 bits per heavy atom. The summed E-state index contributed by atoms with van der Waals surface area (Å²) in [6, 6.07) is 64.8. The van der Waals surface area contributed by atoms with Crippen molar-refractivity contribution in [2.45, 2.75) is 27.7 Å². The van der Waals surface area contributed by atoms with Gasteiger partial charge in [-0.3, -0.25) is 0 Å². The van der Waals surface area contributed by atoms with E-state index in [1.807, 2.05) is 0 Å². The highest BCUT2D eigenvalue weighted by atomic mass is 16.5. The molecule has 0 fully saturated rings. The number of hydrogen-bond acceptors (Lipinski definition) is 4. The van der Waals surface area contributed by atoms with Crippen molar-refractivity contribution in [2.75, 3.05) is 9.80 Å². The first-order valence-corrected chi connectivity index (χ1v) is 22.6. The molecule has 4 aliphatic rings. The van der Waals surface area contributed by atoms with E-state index in [1.54, 1.807) is 0 Å². The maximum absolute atomic E-state index is 7.10. The lowest BCUT2D eigenvalue weighted by Gasteiger charge is -2.40. The maximum Gasteiger partial charge on any atom is 0.256 e. The first-order valence-electron chi connectivity index (χ1n) is 22.6. The summed E-state index contributed by atoms with van der Waals surface area (Å²) in [5.41, 5.74) is 22.5. The average Bonchev–Trinajstić information content (AvgIpc) is 3.62. The summed E-state index contributed by atoms with van der Waals surface area (Å²) >= 11 is 0. The van der Waals surface area contributed by atoms with Gasteiger partial charge in [0.25, 0.3) is 13.4 Å². The van der Waals surface area contributed by atoms with Gasteiger partial charge in [-0.25, -0.2) is 0 Å². The lowest BCUT2D eigenvalue weighted by Crippen LogP contribution is -2.59. The first kappa shape index (κ1) is 36.6. The minimum atomic E-state index is -0.0302. The maximum atomic E-state index is 7.10. The highest BCUT2D eigenvalue weighted by Gasteiger charge is 2.44. The fraction of sp³-hybridized carbons (Fsp3) is 0.0690. The highest BCUT2D eigenvalue weighted by molar-refractivity contribution is 7.00. The van der Waals surface area contributed by atoms with Gasteiger partial charge in [-0.1, -0.05) is 113 Å². The number of benzene rings is 9. The molecule has 5 nitrogen and oxygen atoms in total. The Bertz CT molecular complexity index is 3450. The molecule has 1 aromatic heterocycles. The Hall–Kier alpha value is -7.89. The molecular formula is C58H41B2N3O2. The van der Waals surface area contributed by atoms with Crippen molar-refractivity contribution < 1.29 is 9.47 Å². The van der Waals surface area contributed by atoms with E-state index in [0.29, 0.717) is 0 Å². The summed E-state index contributed by atoms with van der Waals surface area (Å²) in [6.07, 6.45) is 0. The van der Waals surface area contributed by atoms with Crippen molar-refractivity contribution >= 4 is 102 Å². The van der Waals surface area contributed by atoms with E-state index in [4.69, 9.17) is 9.47 Å². The summed E-state index contributed by atoms with van der Waals surface area (Å²) in [4.78, 5) is 4.83. The number of fused-ring (bicyclic) bond motifs is 11. The zero-order valence-electron chi connectivity index (χ0n) is 36.6. The second-order valence-corrected chi connectivity index (χ2v) is 18.4. The van der Waals surface area contributed by atoms with Crippen molar-refractivity contribution in [1.29, 1.82) is 0 Å². The van der Waals surface area contributed by atoms with Crippen LogP contribution in [-0.2, 0) is 0 Å². The molecule has 5 heterocycles. The SMILES string of the molecule is Cc1ccc(N2c3ccc(C)cc3B3c4cc5c6cc7c(cc6n(-c6ccccc6)c5cc4Oc4cccc2c43)Oc2cccc3c2B7c2cc(C)ccc2N3c2ccc(C)cc2)cc1. The molecule has 9 aromatic carbocycles. The lowest BCUT2D eigenvalue weighted by molar-refractivity contribution is 0.488. The van der Waals surface area contributed by atoms with E-state index in [-0.39, 0.29) is 13.4 Å². The van der Waals surface area contributed by atoms with Crippen molar-refractivity contribution in [3.05, 3.63) is 198 Å². The van der Waals surface area contributed by atoms with Gasteiger partial charge in [0.1, 0.15) is 23.0 Å². The molecule has 7 heteroatoms. The summed E-state index contributed by atoms with van der Waals surface area (Å²) in [6.45, 7) is 8.64.